The van der Waals surface area contributed by atoms with Gasteiger partial charge in [-0.15, -0.1) is 0 Å². The van der Waals surface area contributed by atoms with Crippen LogP contribution in [0.15, 0.2) is 24.3 Å². The van der Waals surface area contributed by atoms with Crippen LogP contribution in [0.5, 0.6) is 0 Å². The molecule has 2 atom stereocenters. The van der Waals surface area contributed by atoms with E-state index in [1.165, 1.54) is 5.56 Å². The normalized spacial score (nSPS) is 29.2. The minimum Gasteiger partial charge on any atom is -0.378 e. The number of hydrogen-bond donors (Lipinski definition) is 1. The van der Waals surface area contributed by atoms with Crippen molar-refractivity contribution in [2.75, 3.05) is 13.2 Å². The van der Waals surface area contributed by atoms with E-state index in [1.807, 2.05) is 12.1 Å². The SMILES string of the molecule is CC(C)(C)c1ccc(C(=O)C2CC3COCC(C2)N3)cc1. The first-order chi connectivity index (χ1) is 9.93. The number of carbonyl (C=O) groups is 1. The maximum atomic E-state index is 12.7. The van der Waals surface area contributed by atoms with E-state index in [0.717, 1.165) is 31.6 Å². The molecule has 0 amide bonds. The second kappa shape index (κ2) is 5.54. The summed E-state index contributed by atoms with van der Waals surface area (Å²) in [7, 11) is 0. The number of rotatable bonds is 2. The Bertz CT molecular complexity index is 503. The first kappa shape index (κ1) is 14.7. The molecular weight excluding hydrogens is 262 g/mol. The van der Waals surface area contributed by atoms with Gasteiger partial charge in [0.25, 0.3) is 0 Å². The molecule has 21 heavy (non-hydrogen) atoms. The van der Waals surface area contributed by atoms with Crippen LogP contribution in [0.1, 0.15) is 49.5 Å². The summed E-state index contributed by atoms with van der Waals surface area (Å²) in [6.45, 7) is 8.06. The van der Waals surface area contributed by atoms with Crippen LogP contribution >= 0.6 is 0 Å². The maximum Gasteiger partial charge on any atom is 0.166 e. The van der Waals surface area contributed by atoms with Crippen molar-refractivity contribution in [1.29, 1.82) is 0 Å². The maximum absolute atomic E-state index is 12.7. The van der Waals surface area contributed by atoms with Gasteiger partial charge in [-0.25, -0.2) is 0 Å². The number of ketones is 1. The van der Waals surface area contributed by atoms with E-state index in [0.29, 0.717) is 17.9 Å². The number of hydrogen-bond acceptors (Lipinski definition) is 3. The number of fused-ring (bicyclic) bond motifs is 2. The third-order valence-corrected chi connectivity index (χ3v) is 4.65. The van der Waals surface area contributed by atoms with E-state index >= 15 is 0 Å². The predicted molar refractivity (Wildman–Crippen MR) is 83.7 cm³/mol. The molecule has 2 aliphatic rings. The van der Waals surface area contributed by atoms with Gasteiger partial charge in [0.1, 0.15) is 0 Å². The van der Waals surface area contributed by atoms with E-state index in [4.69, 9.17) is 4.74 Å². The largest absolute Gasteiger partial charge is 0.378 e. The molecule has 2 fully saturated rings. The molecule has 3 rings (SSSR count). The molecule has 0 saturated carbocycles. The number of ether oxygens (including phenoxy) is 1. The van der Waals surface area contributed by atoms with E-state index in [2.05, 4.69) is 38.2 Å². The molecule has 114 valence electrons. The lowest BCUT2D eigenvalue weighted by molar-refractivity contribution is 0.00953. The van der Waals surface area contributed by atoms with Gasteiger partial charge in [0.2, 0.25) is 0 Å². The van der Waals surface area contributed by atoms with E-state index < -0.39 is 0 Å². The van der Waals surface area contributed by atoms with E-state index in [1.54, 1.807) is 0 Å². The molecule has 1 N–H and O–H groups in total. The van der Waals surface area contributed by atoms with Gasteiger partial charge in [-0.1, -0.05) is 45.0 Å². The zero-order chi connectivity index (χ0) is 15.0. The van der Waals surface area contributed by atoms with Gasteiger partial charge in [0.15, 0.2) is 5.78 Å². The lowest BCUT2D eigenvalue weighted by Gasteiger charge is -2.39. The third-order valence-electron chi connectivity index (χ3n) is 4.65. The van der Waals surface area contributed by atoms with Crippen molar-refractivity contribution in [1.82, 2.24) is 5.32 Å². The number of morpholine rings is 1. The predicted octanol–water partition coefficient (Wildman–Crippen LogP) is 2.93. The summed E-state index contributed by atoms with van der Waals surface area (Å²) in [4.78, 5) is 12.7. The van der Waals surface area contributed by atoms with Crippen LogP contribution in [0.4, 0.5) is 0 Å². The van der Waals surface area contributed by atoms with Crippen molar-refractivity contribution < 1.29 is 9.53 Å². The minimum atomic E-state index is 0.130. The Hall–Kier alpha value is -1.19. The van der Waals surface area contributed by atoms with Gasteiger partial charge in [-0.2, -0.15) is 0 Å². The molecule has 2 unspecified atom stereocenters. The van der Waals surface area contributed by atoms with Gasteiger partial charge in [-0.3, -0.25) is 4.79 Å². The van der Waals surface area contributed by atoms with Gasteiger partial charge in [0.05, 0.1) is 13.2 Å². The molecule has 1 aromatic carbocycles. The summed E-state index contributed by atoms with van der Waals surface area (Å²) in [5.74, 6) is 0.444. The Morgan fingerprint density at radius 3 is 2.19 bits per heavy atom. The highest BCUT2D eigenvalue weighted by Crippen LogP contribution is 2.28. The smallest absolute Gasteiger partial charge is 0.166 e. The van der Waals surface area contributed by atoms with Crippen molar-refractivity contribution in [3.8, 4) is 0 Å². The quantitative estimate of drug-likeness (QED) is 0.850. The monoisotopic (exact) mass is 287 g/mol. The summed E-state index contributed by atoms with van der Waals surface area (Å²) in [5, 5.41) is 3.54. The van der Waals surface area contributed by atoms with E-state index in [9.17, 15) is 4.79 Å². The lowest BCUT2D eigenvalue weighted by Crippen LogP contribution is -2.55. The second-order valence-corrected chi connectivity index (χ2v) is 7.46. The van der Waals surface area contributed by atoms with Crippen LogP contribution in [0.2, 0.25) is 0 Å². The van der Waals surface area contributed by atoms with Crippen molar-refractivity contribution in [3.63, 3.8) is 0 Å². The lowest BCUT2D eigenvalue weighted by atomic mass is 9.81. The van der Waals surface area contributed by atoms with Crippen LogP contribution < -0.4 is 5.32 Å². The summed E-state index contributed by atoms with van der Waals surface area (Å²) >= 11 is 0. The molecule has 2 aliphatic heterocycles. The summed E-state index contributed by atoms with van der Waals surface area (Å²) in [6.07, 6.45) is 1.80. The summed E-state index contributed by atoms with van der Waals surface area (Å²) in [5.41, 5.74) is 2.26. The molecule has 3 heteroatoms. The first-order valence-electron chi connectivity index (χ1n) is 7.92. The molecule has 0 spiro atoms. The molecule has 0 aliphatic carbocycles. The number of nitrogens with one attached hydrogen (secondary N) is 1. The van der Waals surface area contributed by atoms with E-state index in [-0.39, 0.29) is 11.3 Å². The van der Waals surface area contributed by atoms with Crippen LogP contribution in [-0.4, -0.2) is 31.1 Å². The van der Waals surface area contributed by atoms with Crippen LogP contribution in [0, 0.1) is 5.92 Å². The Labute approximate surface area is 127 Å². The Kier molecular flexibility index (Phi) is 3.89. The molecule has 0 aromatic heterocycles. The van der Waals surface area contributed by atoms with Crippen molar-refractivity contribution in [3.05, 3.63) is 35.4 Å². The highest BCUT2D eigenvalue weighted by molar-refractivity contribution is 5.98. The third kappa shape index (κ3) is 3.19. The fraction of sp³-hybridized carbons (Fsp3) is 0.611. The standard InChI is InChI=1S/C18H25NO2/c1-18(2,3)14-6-4-12(5-7-14)17(20)13-8-15-10-21-11-16(9-13)19-15/h4-7,13,15-16,19H,8-11H2,1-3H3. The highest BCUT2D eigenvalue weighted by Gasteiger charge is 2.35. The molecule has 0 radical (unpaired) electrons. The number of carbonyl (C=O) groups excluding carboxylic acids is 1. The topological polar surface area (TPSA) is 38.3 Å². The second-order valence-electron chi connectivity index (χ2n) is 7.46. The van der Waals surface area contributed by atoms with Gasteiger partial charge in [0, 0.05) is 23.6 Å². The average Bonchev–Trinajstić information content (AvgIpc) is 2.45. The fourth-order valence-electron chi connectivity index (χ4n) is 3.42. The molecule has 2 heterocycles. The number of Topliss-reactive ketones (excluding diaryl/α,β-unsaturated/α-hetero) is 1. The minimum absolute atomic E-state index is 0.130. The molecule has 2 saturated heterocycles. The van der Waals surface area contributed by atoms with Gasteiger partial charge < -0.3 is 10.1 Å². The molecule has 3 nitrogen and oxygen atoms in total. The molecular formula is C18H25NO2. The number of benzene rings is 1. The number of piperidine rings is 1. The summed E-state index contributed by atoms with van der Waals surface area (Å²) in [6, 6.07) is 8.88. The highest BCUT2D eigenvalue weighted by atomic mass is 16.5. The van der Waals surface area contributed by atoms with Crippen LogP contribution in [-0.2, 0) is 10.2 Å². The Balaban J connectivity index is 1.73. The van der Waals surface area contributed by atoms with Crippen molar-refractivity contribution in [2.24, 2.45) is 5.92 Å². The Morgan fingerprint density at radius 2 is 1.67 bits per heavy atom. The van der Waals surface area contributed by atoms with Crippen molar-refractivity contribution in [2.45, 2.75) is 51.1 Å². The Morgan fingerprint density at radius 1 is 1.10 bits per heavy atom. The average molecular weight is 287 g/mol. The van der Waals surface area contributed by atoms with Gasteiger partial charge in [-0.05, 0) is 23.8 Å². The van der Waals surface area contributed by atoms with Crippen molar-refractivity contribution >= 4 is 5.78 Å². The zero-order valence-electron chi connectivity index (χ0n) is 13.2. The molecule has 1 aromatic rings. The molecule has 2 bridgehead atoms. The van der Waals surface area contributed by atoms with Crippen LogP contribution in [0.25, 0.3) is 0 Å². The zero-order valence-corrected chi connectivity index (χ0v) is 13.2. The van der Waals surface area contributed by atoms with Crippen LogP contribution in [0.3, 0.4) is 0 Å². The summed E-state index contributed by atoms with van der Waals surface area (Å²) < 4.78 is 5.55. The first-order valence-corrected chi connectivity index (χ1v) is 7.92. The van der Waals surface area contributed by atoms with Gasteiger partial charge >= 0.3 is 0 Å². The fourth-order valence-corrected chi connectivity index (χ4v) is 3.42.